The standard InChI is InChI=1S/2C12H27N.ClH/c2*1-2-3-4-5-6-7-8-9-10-11-12-13;/h2*2-13H2,1H3;1H. The molecule has 0 fully saturated rings. The van der Waals surface area contributed by atoms with Crippen molar-refractivity contribution >= 4 is 12.4 Å². The minimum atomic E-state index is 0. The number of hydrogen-bond donors (Lipinski definition) is 2. The van der Waals surface area contributed by atoms with E-state index in [-0.39, 0.29) is 12.4 Å². The third-order valence-corrected chi connectivity index (χ3v) is 5.12. The van der Waals surface area contributed by atoms with Gasteiger partial charge in [0.2, 0.25) is 0 Å². The Morgan fingerprint density at radius 1 is 0.333 bits per heavy atom. The highest BCUT2D eigenvalue weighted by atomic mass is 35.5. The zero-order valence-electron chi connectivity index (χ0n) is 19.1. The Labute approximate surface area is 179 Å². The molecule has 0 spiro atoms. The van der Waals surface area contributed by atoms with Gasteiger partial charge in [0.05, 0.1) is 0 Å². The molecule has 0 atom stereocenters. The second-order valence-electron chi connectivity index (χ2n) is 7.94. The monoisotopic (exact) mass is 406 g/mol. The topological polar surface area (TPSA) is 52.0 Å². The summed E-state index contributed by atoms with van der Waals surface area (Å²) in [4.78, 5) is 0. The predicted octanol–water partition coefficient (Wildman–Crippen LogP) is 8.15. The van der Waals surface area contributed by atoms with Gasteiger partial charge in [0.15, 0.2) is 0 Å². The molecule has 3 heteroatoms. The summed E-state index contributed by atoms with van der Waals surface area (Å²) in [5.41, 5.74) is 10.8. The molecular formula is C24H55ClN2. The molecule has 0 amide bonds. The van der Waals surface area contributed by atoms with Gasteiger partial charge in [-0.05, 0) is 25.9 Å². The number of hydrogen-bond acceptors (Lipinski definition) is 2. The maximum Gasteiger partial charge on any atom is -0.00773 e. The highest BCUT2D eigenvalue weighted by molar-refractivity contribution is 5.85. The number of rotatable bonds is 20. The van der Waals surface area contributed by atoms with Crippen LogP contribution in [0.15, 0.2) is 0 Å². The van der Waals surface area contributed by atoms with Crippen LogP contribution in [0.5, 0.6) is 0 Å². The van der Waals surface area contributed by atoms with E-state index in [2.05, 4.69) is 13.8 Å². The lowest BCUT2D eigenvalue weighted by Gasteiger charge is -2.00. The van der Waals surface area contributed by atoms with E-state index in [0.717, 1.165) is 13.1 Å². The van der Waals surface area contributed by atoms with Gasteiger partial charge < -0.3 is 11.5 Å². The van der Waals surface area contributed by atoms with Gasteiger partial charge in [-0.1, -0.05) is 129 Å². The summed E-state index contributed by atoms with van der Waals surface area (Å²) in [6.45, 7) is 6.28. The number of nitrogens with two attached hydrogens (primary N) is 2. The Hall–Kier alpha value is 0.210. The first-order valence-electron chi connectivity index (χ1n) is 12.2. The summed E-state index contributed by atoms with van der Waals surface area (Å²) in [6.07, 6.45) is 27.9. The first-order chi connectivity index (χ1) is 12.8. The van der Waals surface area contributed by atoms with Gasteiger partial charge in [-0.3, -0.25) is 0 Å². The van der Waals surface area contributed by atoms with E-state index in [1.54, 1.807) is 0 Å². The Bertz CT molecular complexity index is 171. The molecule has 0 rings (SSSR count). The minimum absolute atomic E-state index is 0. The predicted molar refractivity (Wildman–Crippen MR) is 129 cm³/mol. The van der Waals surface area contributed by atoms with Crippen molar-refractivity contribution in [2.45, 2.75) is 142 Å². The Morgan fingerprint density at radius 2 is 0.519 bits per heavy atom. The third-order valence-electron chi connectivity index (χ3n) is 5.12. The maximum atomic E-state index is 5.42. The van der Waals surface area contributed by atoms with Crippen LogP contribution in [0, 0.1) is 0 Å². The molecule has 0 aliphatic carbocycles. The van der Waals surface area contributed by atoms with E-state index in [9.17, 15) is 0 Å². The molecule has 4 N–H and O–H groups in total. The molecule has 0 unspecified atom stereocenters. The van der Waals surface area contributed by atoms with Gasteiger partial charge in [-0.2, -0.15) is 0 Å². The molecule has 0 heterocycles. The van der Waals surface area contributed by atoms with Crippen molar-refractivity contribution in [1.29, 1.82) is 0 Å². The molecule has 0 bridgehead atoms. The lowest BCUT2D eigenvalue weighted by molar-refractivity contribution is 0.558. The van der Waals surface area contributed by atoms with Gasteiger partial charge in [0, 0.05) is 0 Å². The van der Waals surface area contributed by atoms with Crippen LogP contribution in [0.25, 0.3) is 0 Å². The molecule has 0 saturated heterocycles. The average Bonchev–Trinajstić information content (AvgIpc) is 2.66. The van der Waals surface area contributed by atoms with Crippen LogP contribution < -0.4 is 11.5 Å². The SMILES string of the molecule is CCCCCCCCCCCCN.CCCCCCCCCCCCN.Cl. The van der Waals surface area contributed by atoms with Crippen molar-refractivity contribution in [3.05, 3.63) is 0 Å². The molecule has 0 aromatic carbocycles. The lowest BCUT2D eigenvalue weighted by atomic mass is 10.1. The summed E-state index contributed by atoms with van der Waals surface area (Å²) in [5.74, 6) is 0. The van der Waals surface area contributed by atoms with Crippen LogP contribution in [0.3, 0.4) is 0 Å². The van der Waals surface area contributed by atoms with E-state index < -0.39 is 0 Å². The van der Waals surface area contributed by atoms with Crippen LogP contribution >= 0.6 is 12.4 Å². The van der Waals surface area contributed by atoms with Crippen LogP contribution in [0.1, 0.15) is 142 Å². The van der Waals surface area contributed by atoms with Gasteiger partial charge in [0.25, 0.3) is 0 Å². The lowest BCUT2D eigenvalue weighted by Crippen LogP contribution is -1.97. The van der Waals surface area contributed by atoms with Crippen molar-refractivity contribution in [2.24, 2.45) is 11.5 Å². The van der Waals surface area contributed by atoms with Gasteiger partial charge in [0.1, 0.15) is 0 Å². The molecule has 0 aromatic heterocycles. The van der Waals surface area contributed by atoms with Crippen LogP contribution in [-0.4, -0.2) is 13.1 Å². The molecule has 0 saturated carbocycles. The minimum Gasteiger partial charge on any atom is -0.330 e. The maximum absolute atomic E-state index is 5.42. The fourth-order valence-corrected chi connectivity index (χ4v) is 3.26. The van der Waals surface area contributed by atoms with Crippen molar-refractivity contribution in [2.75, 3.05) is 13.1 Å². The average molecular weight is 407 g/mol. The number of unbranched alkanes of at least 4 members (excludes halogenated alkanes) is 18. The summed E-state index contributed by atoms with van der Waals surface area (Å²) in [6, 6.07) is 0. The molecule has 0 aliphatic heterocycles. The smallest absolute Gasteiger partial charge is 0.00773 e. The van der Waals surface area contributed by atoms with Crippen molar-refractivity contribution in [3.8, 4) is 0 Å². The van der Waals surface area contributed by atoms with Crippen molar-refractivity contribution in [1.82, 2.24) is 0 Å². The van der Waals surface area contributed by atoms with Crippen LogP contribution in [-0.2, 0) is 0 Å². The Morgan fingerprint density at radius 3 is 0.704 bits per heavy atom. The normalized spacial score (nSPS) is 10.2. The third kappa shape index (κ3) is 37.6. The van der Waals surface area contributed by atoms with Gasteiger partial charge in [-0.25, -0.2) is 0 Å². The van der Waals surface area contributed by atoms with E-state index in [0.29, 0.717) is 0 Å². The second kappa shape index (κ2) is 33.8. The largest absolute Gasteiger partial charge is 0.330 e. The first-order valence-corrected chi connectivity index (χ1v) is 12.2. The van der Waals surface area contributed by atoms with E-state index in [1.165, 1.54) is 128 Å². The molecule has 0 aromatic rings. The van der Waals surface area contributed by atoms with E-state index in [1.807, 2.05) is 0 Å². The first kappa shape index (κ1) is 31.9. The van der Waals surface area contributed by atoms with Crippen molar-refractivity contribution < 1.29 is 0 Å². The quantitative estimate of drug-likeness (QED) is 0.200. The van der Waals surface area contributed by atoms with Crippen molar-refractivity contribution in [3.63, 3.8) is 0 Å². The summed E-state index contributed by atoms with van der Waals surface area (Å²) >= 11 is 0. The summed E-state index contributed by atoms with van der Waals surface area (Å²) in [7, 11) is 0. The van der Waals surface area contributed by atoms with Gasteiger partial charge in [-0.15, -0.1) is 12.4 Å². The zero-order valence-corrected chi connectivity index (χ0v) is 19.9. The molecule has 168 valence electrons. The van der Waals surface area contributed by atoms with E-state index >= 15 is 0 Å². The Balaban J connectivity index is -0.000000411. The highest BCUT2D eigenvalue weighted by Crippen LogP contribution is 2.10. The van der Waals surface area contributed by atoms with E-state index in [4.69, 9.17) is 11.5 Å². The summed E-state index contributed by atoms with van der Waals surface area (Å²) < 4.78 is 0. The number of halogens is 1. The van der Waals surface area contributed by atoms with Gasteiger partial charge >= 0.3 is 0 Å². The molecule has 2 nitrogen and oxygen atoms in total. The van der Waals surface area contributed by atoms with Crippen LogP contribution in [0.4, 0.5) is 0 Å². The zero-order chi connectivity index (χ0) is 19.6. The molecule has 0 aliphatic rings. The summed E-state index contributed by atoms with van der Waals surface area (Å²) in [5, 5.41) is 0. The Kier molecular flexibility index (Phi) is 39.9. The fraction of sp³-hybridized carbons (Fsp3) is 1.00. The van der Waals surface area contributed by atoms with Crippen LogP contribution in [0.2, 0.25) is 0 Å². The second-order valence-corrected chi connectivity index (χ2v) is 7.94. The highest BCUT2D eigenvalue weighted by Gasteiger charge is 1.92. The molecular weight excluding hydrogens is 352 g/mol. The fourth-order valence-electron chi connectivity index (χ4n) is 3.26. The molecule has 0 radical (unpaired) electrons. The molecule has 27 heavy (non-hydrogen) atoms.